The van der Waals surface area contributed by atoms with Gasteiger partial charge in [0.1, 0.15) is 18.1 Å². The minimum Gasteiger partial charge on any atom is -0.497 e. The molecule has 0 spiro atoms. The number of aryl methyl sites for hydroxylation is 1. The van der Waals surface area contributed by atoms with Crippen LogP contribution in [-0.2, 0) is 21.2 Å². The second-order valence-electron chi connectivity index (χ2n) is 7.36. The molecule has 0 saturated heterocycles. The highest BCUT2D eigenvalue weighted by Crippen LogP contribution is 2.34. The summed E-state index contributed by atoms with van der Waals surface area (Å²) < 4.78 is 38.3. The first-order chi connectivity index (χ1) is 13.2. The van der Waals surface area contributed by atoms with Gasteiger partial charge in [-0.3, -0.25) is 9.52 Å². The SMILES string of the molecule is COc1ccc(CCS(=O)(=O)Nc2ccc3c(c2)OCC(C)(C)C(=O)N3)cc1. The van der Waals surface area contributed by atoms with Crippen LogP contribution in [0.25, 0.3) is 0 Å². The van der Waals surface area contributed by atoms with E-state index >= 15 is 0 Å². The Morgan fingerprint density at radius 3 is 2.57 bits per heavy atom. The van der Waals surface area contributed by atoms with Crippen molar-refractivity contribution in [3.8, 4) is 11.5 Å². The number of anilines is 2. The van der Waals surface area contributed by atoms with Crippen LogP contribution >= 0.6 is 0 Å². The Balaban J connectivity index is 1.67. The summed E-state index contributed by atoms with van der Waals surface area (Å²) in [7, 11) is -1.96. The lowest BCUT2D eigenvalue weighted by molar-refractivity contribution is -0.124. The van der Waals surface area contributed by atoms with Gasteiger partial charge in [-0.1, -0.05) is 12.1 Å². The number of sulfonamides is 1. The van der Waals surface area contributed by atoms with Gasteiger partial charge in [0.05, 0.1) is 29.7 Å². The average molecular weight is 404 g/mol. The molecular weight excluding hydrogens is 380 g/mol. The van der Waals surface area contributed by atoms with Crippen molar-refractivity contribution in [2.45, 2.75) is 20.3 Å². The largest absolute Gasteiger partial charge is 0.497 e. The number of hydrogen-bond acceptors (Lipinski definition) is 5. The van der Waals surface area contributed by atoms with Crippen LogP contribution in [0.1, 0.15) is 19.4 Å². The van der Waals surface area contributed by atoms with E-state index in [2.05, 4.69) is 10.0 Å². The van der Waals surface area contributed by atoms with Crippen molar-refractivity contribution >= 4 is 27.3 Å². The first kappa shape index (κ1) is 20.0. The maximum atomic E-state index is 12.4. The van der Waals surface area contributed by atoms with Crippen molar-refractivity contribution in [3.63, 3.8) is 0 Å². The number of amides is 1. The molecule has 150 valence electrons. The van der Waals surface area contributed by atoms with Crippen LogP contribution in [0.5, 0.6) is 11.5 Å². The van der Waals surface area contributed by atoms with Crippen molar-refractivity contribution in [1.29, 1.82) is 0 Å². The van der Waals surface area contributed by atoms with Crippen molar-refractivity contribution in [2.75, 3.05) is 29.5 Å². The second kappa shape index (κ2) is 7.71. The zero-order valence-electron chi connectivity index (χ0n) is 16.1. The minimum absolute atomic E-state index is 0.0545. The van der Waals surface area contributed by atoms with E-state index in [0.29, 0.717) is 23.5 Å². The maximum absolute atomic E-state index is 12.4. The van der Waals surface area contributed by atoms with Crippen LogP contribution in [-0.4, -0.2) is 33.8 Å². The van der Waals surface area contributed by atoms with Crippen molar-refractivity contribution < 1.29 is 22.7 Å². The van der Waals surface area contributed by atoms with Gasteiger partial charge in [-0.25, -0.2) is 8.42 Å². The lowest BCUT2D eigenvalue weighted by atomic mass is 9.94. The van der Waals surface area contributed by atoms with Gasteiger partial charge in [0.25, 0.3) is 0 Å². The predicted molar refractivity (Wildman–Crippen MR) is 108 cm³/mol. The number of nitrogens with one attached hydrogen (secondary N) is 2. The number of carbonyl (C=O) groups excluding carboxylic acids is 1. The third kappa shape index (κ3) is 4.75. The highest BCUT2D eigenvalue weighted by Gasteiger charge is 2.32. The monoisotopic (exact) mass is 404 g/mol. The van der Waals surface area contributed by atoms with E-state index in [0.717, 1.165) is 11.3 Å². The molecule has 8 heteroatoms. The molecule has 1 aliphatic rings. The molecule has 0 bridgehead atoms. The van der Waals surface area contributed by atoms with Crippen LogP contribution in [0, 0.1) is 5.41 Å². The lowest BCUT2D eigenvalue weighted by Gasteiger charge is -2.18. The number of carbonyl (C=O) groups is 1. The number of hydrogen-bond donors (Lipinski definition) is 2. The molecule has 28 heavy (non-hydrogen) atoms. The molecule has 1 amide bonds. The first-order valence-corrected chi connectivity index (χ1v) is 10.6. The third-order valence-corrected chi connectivity index (χ3v) is 5.81. The van der Waals surface area contributed by atoms with E-state index in [1.165, 1.54) is 0 Å². The molecule has 3 rings (SSSR count). The van der Waals surface area contributed by atoms with Crippen LogP contribution in [0.4, 0.5) is 11.4 Å². The Morgan fingerprint density at radius 1 is 1.18 bits per heavy atom. The molecule has 2 aromatic rings. The first-order valence-electron chi connectivity index (χ1n) is 8.90. The smallest absolute Gasteiger partial charge is 0.233 e. The van der Waals surface area contributed by atoms with Crippen molar-refractivity contribution in [3.05, 3.63) is 48.0 Å². The van der Waals surface area contributed by atoms with Crippen LogP contribution in [0.3, 0.4) is 0 Å². The number of fused-ring (bicyclic) bond motifs is 1. The molecule has 2 aromatic carbocycles. The summed E-state index contributed by atoms with van der Waals surface area (Å²) in [5.41, 5.74) is 1.15. The maximum Gasteiger partial charge on any atom is 0.233 e. The quantitative estimate of drug-likeness (QED) is 0.772. The van der Waals surface area contributed by atoms with Gasteiger partial charge in [0.15, 0.2) is 0 Å². The topological polar surface area (TPSA) is 93.7 Å². The lowest BCUT2D eigenvalue weighted by Crippen LogP contribution is -2.33. The van der Waals surface area contributed by atoms with Gasteiger partial charge >= 0.3 is 0 Å². The summed E-state index contributed by atoms with van der Waals surface area (Å²) >= 11 is 0. The fourth-order valence-electron chi connectivity index (χ4n) is 2.70. The average Bonchev–Trinajstić information content (AvgIpc) is 2.77. The fraction of sp³-hybridized carbons (Fsp3) is 0.350. The highest BCUT2D eigenvalue weighted by molar-refractivity contribution is 7.92. The summed E-state index contributed by atoms with van der Waals surface area (Å²) in [4.78, 5) is 12.2. The van der Waals surface area contributed by atoms with E-state index in [-0.39, 0.29) is 18.3 Å². The number of benzene rings is 2. The Kier molecular flexibility index (Phi) is 5.51. The summed E-state index contributed by atoms with van der Waals surface area (Å²) in [6.07, 6.45) is 0.380. The van der Waals surface area contributed by atoms with E-state index < -0.39 is 15.4 Å². The van der Waals surface area contributed by atoms with E-state index in [4.69, 9.17) is 9.47 Å². The van der Waals surface area contributed by atoms with Crippen molar-refractivity contribution in [1.82, 2.24) is 0 Å². The highest BCUT2D eigenvalue weighted by atomic mass is 32.2. The van der Waals surface area contributed by atoms with Crippen LogP contribution < -0.4 is 19.5 Å². The molecule has 1 heterocycles. The molecule has 2 N–H and O–H groups in total. The fourth-order valence-corrected chi connectivity index (χ4v) is 3.79. The Labute approximate surface area is 165 Å². The van der Waals surface area contributed by atoms with Crippen LogP contribution in [0.2, 0.25) is 0 Å². The van der Waals surface area contributed by atoms with Crippen molar-refractivity contribution in [2.24, 2.45) is 5.41 Å². The second-order valence-corrected chi connectivity index (χ2v) is 9.20. The normalized spacial score (nSPS) is 15.6. The van der Waals surface area contributed by atoms with Gasteiger partial charge in [0, 0.05) is 6.07 Å². The van der Waals surface area contributed by atoms with Crippen LogP contribution in [0.15, 0.2) is 42.5 Å². The van der Waals surface area contributed by atoms with Gasteiger partial charge < -0.3 is 14.8 Å². The molecule has 0 unspecified atom stereocenters. The number of ether oxygens (including phenoxy) is 2. The molecular formula is C20H24N2O5S. The zero-order chi connectivity index (χ0) is 20.4. The van der Waals surface area contributed by atoms with Gasteiger partial charge in [-0.15, -0.1) is 0 Å². The Bertz CT molecular complexity index is 969. The number of rotatable bonds is 6. The molecule has 0 saturated carbocycles. The Hall–Kier alpha value is -2.74. The van der Waals surface area contributed by atoms with Gasteiger partial charge in [0.2, 0.25) is 15.9 Å². The predicted octanol–water partition coefficient (Wildman–Crippen LogP) is 3.04. The summed E-state index contributed by atoms with van der Waals surface area (Å²) in [5.74, 6) is 0.972. The molecule has 0 atom stereocenters. The summed E-state index contributed by atoms with van der Waals surface area (Å²) in [6.45, 7) is 3.79. The molecule has 0 radical (unpaired) electrons. The van der Waals surface area contributed by atoms with Gasteiger partial charge in [-0.05, 0) is 50.1 Å². The zero-order valence-corrected chi connectivity index (χ0v) is 16.9. The number of methoxy groups -OCH3 is 1. The van der Waals surface area contributed by atoms with Gasteiger partial charge in [-0.2, -0.15) is 0 Å². The molecule has 1 aliphatic heterocycles. The molecule has 0 aromatic heterocycles. The minimum atomic E-state index is -3.54. The van der Waals surface area contributed by atoms with E-state index in [1.54, 1.807) is 51.3 Å². The van der Waals surface area contributed by atoms with E-state index in [9.17, 15) is 13.2 Å². The summed E-state index contributed by atoms with van der Waals surface area (Å²) in [6, 6.07) is 12.1. The standard InChI is InChI=1S/C20H24N2O5S/c1-20(2)13-27-18-12-15(6-9-17(18)21-19(20)23)22-28(24,25)11-10-14-4-7-16(26-3)8-5-14/h4-9,12,22H,10-11,13H2,1-3H3,(H,21,23). The molecule has 0 aliphatic carbocycles. The summed E-state index contributed by atoms with van der Waals surface area (Å²) in [5, 5.41) is 2.81. The van der Waals surface area contributed by atoms with E-state index in [1.807, 2.05) is 12.1 Å². The third-order valence-electron chi connectivity index (χ3n) is 4.52. The molecule has 0 fully saturated rings. The Morgan fingerprint density at radius 2 is 1.89 bits per heavy atom. The molecule has 7 nitrogen and oxygen atoms in total.